The highest BCUT2D eigenvalue weighted by Gasteiger charge is 2.01. The van der Waals surface area contributed by atoms with Crippen molar-refractivity contribution in [2.24, 2.45) is 5.10 Å². The molecule has 0 spiro atoms. The molecule has 0 unspecified atom stereocenters. The van der Waals surface area contributed by atoms with Crippen molar-refractivity contribution in [1.82, 2.24) is 0 Å². The zero-order valence-electron chi connectivity index (χ0n) is 9.08. The van der Waals surface area contributed by atoms with Gasteiger partial charge in [-0.1, -0.05) is 24.6 Å². The van der Waals surface area contributed by atoms with Crippen LogP contribution >= 0.6 is 11.6 Å². The van der Waals surface area contributed by atoms with E-state index < -0.39 is 5.97 Å². The van der Waals surface area contributed by atoms with Gasteiger partial charge in [0.1, 0.15) is 0 Å². The molecule has 86 valence electrons. The zero-order chi connectivity index (χ0) is 12.1. The second-order valence-corrected chi connectivity index (χ2v) is 3.70. The number of rotatable bonds is 4. The maximum atomic E-state index is 10.6. The summed E-state index contributed by atoms with van der Waals surface area (Å²) in [6.07, 6.45) is 0.810. The third kappa shape index (κ3) is 3.24. The monoisotopic (exact) mass is 239 g/mol. The van der Waals surface area contributed by atoms with Crippen LogP contribution in [0.25, 0.3) is 0 Å². The second kappa shape index (κ2) is 5.51. The molecule has 5 heteroatoms. The van der Waals surface area contributed by atoms with Crippen molar-refractivity contribution in [2.45, 2.75) is 20.3 Å². The van der Waals surface area contributed by atoms with Gasteiger partial charge in [0.15, 0.2) is 0 Å². The Bertz CT molecular complexity index is 430. The molecule has 0 atom stereocenters. The average Bonchev–Trinajstić information content (AvgIpc) is 2.27. The van der Waals surface area contributed by atoms with Gasteiger partial charge in [0.2, 0.25) is 0 Å². The first-order valence-electron chi connectivity index (χ1n) is 4.84. The normalized spacial score (nSPS) is 11.3. The third-order valence-electron chi connectivity index (χ3n) is 2.08. The molecule has 0 aliphatic heterocycles. The van der Waals surface area contributed by atoms with Crippen LogP contribution in [-0.2, 0) is 0 Å². The van der Waals surface area contributed by atoms with Crippen LogP contribution in [0, 0.1) is 0 Å². The Morgan fingerprint density at radius 1 is 1.56 bits per heavy atom. The highest BCUT2D eigenvalue weighted by molar-refractivity contribution is 6.33. The Morgan fingerprint density at radius 3 is 2.81 bits per heavy atom. The molecule has 1 rings (SSSR count). The van der Waals surface area contributed by atoms with E-state index in [1.165, 1.54) is 18.2 Å². The molecule has 0 heterocycles. The number of halogens is 1. The maximum absolute atomic E-state index is 10.6. The first-order valence-corrected chi connectivity index (χ1v) is 5.22. The van der Waals surface area contributed by atoms with E-state index in [2.05, 4.69) is 10.5 Å². The Hall–Kier alpha value is -1.55. The Labute approximate surface area is 98.9 Å². The zero-order valence-corrected chi connectivity index (χ0v) is 9.84. The van der Waals surface area contributed by atoms with Gasteiger partial charge in [-0.25, -0.2) is 0 Å². The van der Waals surface area contributed by atoms with Gasteiger partial charge in [-0.3, -0.25) is 5.43 Å². The van der Waals surface area contributed by atoms with Crippen molar-refractivity contribution in [3.05, 3.63) is 28.8 Å². The number of carboxylic acid groups (broad SMARTS) is 1. The van der Waals surface area contributed by atoms with E-state index in [0.717, 1.165) is 12.1 Å². The van der Waals surface area contributed by atoms with Gasteiger partial charge < -0.3 is 9.90 Å². The number of benzene rings is 1. The number of hydrogen-bond acceptors (Lipinski definition) is 4. The lowest BCUT2D eigenvalue weighted by molar-refractivity contribution is -0.255. The molecule has 1 N–H and O–H groups in total. The number of aromatic carboxylic acids is 1. The topological polar surface area (TPSA) is 64.5 Å². The fraction of sp³-hybridized carbons (Fsp3) is 0.273. The quantitative estimate of drug-likeness (QED) is 0.645. The summed E-state index contributed by atoms with van der Waals surface area (Å²) in [7, 11) is 0. The maximum Gasteiger partial charge on any atom is 0.0754 e. The predicted molar refractivity (Wildman–Crippen MR) is 62.8 cm³/mol. The summed E-state index contributed by atoms with van der Waals surface area (Å²) < 4.78 is 0. The molecule has 1 aromatic carbocycles. The van der Waals surface area contributed by atoms with E-state index in [-0.39, 0.29) is 5.56 Å². The molecule has 1 aromatic rings. The van der Waals surface area contributed by atoms with Gasteiger partial charge in [0.25, 0.3) is 0 Å². The van der Waals surface area contributed by atoms with Crippen molar-refractivity contribution in [2.75, 3.05) is 5.43 Å². The lowest BCUT2D eigenvalue weighted by atomic mass is 10.2. The van der Waals surface area contributed by atoms with Crippen LogP contribution < -0.4 is 10.5 Å². The molecular weight excluding hydrogens is 228 g/mol. The summed E-state index contributed by atoms with van der Waals surface area (Å²) in [5.74, 6) is -1.24. The highest BCUT2D eigenvalue weighted by Crippen LogP contribution is 2.22. The molecule has 0 saturated carbocycles. The smallest absolute Gasteiger partial charge is 0.0754 e. The van der Waals surface area contributed by atoms with Gasteiger partial charge in [-0.05, 0) is 31.0 Å². The largest absolute Gasteiger partial charge is 0.545 e. The van der Waals surface area contributed by atoms with Crippen LogP contribution in [0.4, 0.5) is 5.69 Å². The van der Waals surface area contributed by atoms with Crippen molar-refractivity contribution in [1.29, 1.82) is 0 Å². The predicted octanol–water partition coefficient (Wildman–Crippen LogP) is 1.90. The van der Waals surface area contributed by atoms with Crippen LogP contribution in [0.3, 0.4) is 0 Å². The lowest BCUT2D eigenvalue weighted by Crippen LogP contribution is -2.22. The minimum atomic E-state index is -1.24. The van der Waals surface area contributed by atoms with E-state index in [9.17, 15) is 9.90 Å². The molecule has 0 bridgehead atoms. The van der Waals surface area contributed by atoms with Gasteiger partial charge in [-0.2, -0.15) is 5.10 Å². The number of hydrogen-bond donors (Lipinski definition) is 1. The van der Waals surface area contributed by atoms with Crippen LogP contribution in [0.1, 0.15) is 30.6 Å². The molecular formula is C11H12ClN2O2-. The Morgan fingerprint density at radius 2 is 2.25 bits per heavy atom. The number of carboxylic acids is 1. The van der Waals surface area contributed by atoms with Crippen LogP contribution in [0.2, 0.25) is 5.02 Å². The van der Waals surface area contributed by atoms with Crippen LogP contribution in [0.15, 0.2) is 23.3 Å². The number of nitrogens with one attached hydrogen (secondary N) is 1. The van der Waals surface area contributed by atoms with Crippen molar-refractivity contribution in [3.8, 4) is 0 Å². The number of nitrogens with zero attached hydrogens (tertiary/aromatic N) is 1. The van der Waals surface area contributed by atoms with Crippen LogP contribution in [0.5, 0.6) is 0 Å². The van der Waals surface area contributed by atoms with Gasteiger partial charge in [-0.15, -0.1) is 0 Å². The van der Waals surface area contributed by atoms with E-state index in [0.29, 0.717) is 10.7 Å². The summed E-state index contributed by atoms with van der Waals surface area (Å²) in [5.41, 5.74) is 4.14. The fourth-order valence-corrected chi connectivity index (χ4v) is 1.13. The molecule has 0 saturated heterocycles. The van der Waals surface area contributed by atoms with Gasteiger partial charge in [0, 0.05) is 5.71 Å². The first-order chi connectivity index (χ1) is 7.54. The standard InChI is InChI=1S/C11H13ClN2O2/c1-3-7(2)13-14-10-6-8(11(15)16)4-5-9(10)12/h4-6,14H,3H2,1-2H3,(H,15,16)/p-1/b13-7-. The first kappa shape index (κ1) is 12.5. The minimum absolute atomic E-state index is 0.0660. The molecule has 0 fully saturated rings. The molecule has 0 aromatic heterocycles. The average molecular weight is 240 g/mol. The summed E-state index contributed by atoms with van der Waals surface area (Å²) in [6, 6.07) is 4.27. The SMILES string of the molecule is CC/C(C)=N\Nc1cc(C(=O)[O-])ccc1Cl. The summed E-state index contributed by atoms with van der Waals surface area (Å²) >= 11 is 5.88. The van der Waals surface area contributed by atoms with E-state index in [1.54, 1.807) is 0 Å². The Kier molecular flexibility index (Phi) is 4.31. The summed E-state index contributed by atoms with van der Waals surface area (Å²) in [5, 5.41) is 15.1. The van der Waals surface area contributed by atoms with Crippen molar-refractivity contribution < 1.29 is 9.90 Å². The van der Waals surface area contributed by atoms with E-state index in [4.69, 9.17) is 11.6 Å². The van der Waals surface area contributed by atoms with Gasteiger partial charge in [0.05, 0.1) is 16.7 Å². The van der Waals surface area contributed by atoms with E-state index >= 15 is 0 Å². The minimum Gasteiger partial charge on any atom is -0.545 e. The summed E-state index contributed by atoms with van der Waals surface area (Å²) in [4.78, 5) is 10.6. The molecule has 0 radical (unpaired) electrons. The van der Waals surface area contributed by atoms with Crippen molar-refractivity contribution >= 4 is 29.0 Å². The number of hydrazone groups is 1. The van der Waals surface area contributed by atoms with E-state index in [1.807, 2.05) is 13.8 Å². The molecule has 16 heavy (non-hydrogen) atoms. The number of anilines is 1. The summed E-state index contributed by atoms with van der Waals surface area (Å²) in [6.45, 7) is 3.84. The molecule has 0 amide bonds. The molecule has 0 aliphatic carbocycles. The second-order valence-electron chi connectivity index (χ2n) is 3.29. The molecule has 0 aliphatic rings. The fourth-order valence-electron chi connectivity index (χ4n) is 0.973. The highest BCUT2D eigenvalue weighted by atomic mass is 35.5. The number of carbonyl (C=O) groups excluding carboxylic acids is 1. The van der Waals surface area contributed by atoms with Gasteiger partial charge >= 0.3 is 0 Å². The lowest BCUT2D eigenvalue weighted by Gasteiger charge is -2.08. The van der Waals surface area contributed by atoms with Crippen LogP contribution in [-0.4, -0.2) is 11.7 Å². The van der Waals surface area contributed by atoms with Crippen molar-refractivity contribution in [3.63, 3.8) is 0 Å². The Balaban J connectivity index is 2.94. The third-order valence-corrected chi connectivity index (χ3v) is 2.41. The number of carbonyl (C=O) groups is 1. The molecule has 4 nitrogen and oxygen atoms in total.